The van der Waals surface area contributed by atoms with Crippen LogP contribution in [0.2, 0.25) is 5.02 Å². The van der Waals surface area contributed by atoms with Gasteiger partial charge in [-0.25, -0.2) is 4.98 Å². The summed E-state index contributed by atoms with van der Waals surface area (Å²) in [6.45, 7) is 0. The maximum absolute atomic E-state index is 12.3. The number of carbonyl (C=O) groups excluding carboxylic acids is 1. The third-order valence-electron chi connectivity index (χ3n) is 4.06. The van der Waals surface area contributed by atoms with Gasteiger partial charge in [-0.1, -0.05) is 41.9 Å². The number of carbonyl (C=O) groups is 1. The second-order valence-electron chi connectivity index (χ2n) is 6.18. The number of para-hydroxylation sites is 1. The number of rotatable bonds is 5. The minimum absolute atomic E-state index is 0.105. The quantitative estimate of drug-likeness (QED) is 0.512. The normalized spacial score (nSPS) is 10.9. The molecule has 4 aromatic rings. The van der Waals surface area contributed by atoms with Gasteiger partial charge in [-0.2, -0.15) is 0 Å². The van der Waals surface area contributed by atoms with Crippen LogP contribution in [0.1, 0.15) is 16.3 Å². The van der Waals surface area contributed by atoms with E-state index >= 15 is 0 Å². The molecule has 0 unspecified atom stereocenters. The van der Waals surface area contributed by atoms with Crippen LogP contribution in [0, 0.1) is 0 Å². The van der Waals surface area contributed by atoms with E-state index in [1.165, 1.54) is 0 Å². The van der Waals surface area contributed by atoms with Crippen molar-refractivity contribution in [2.45, 2.75) is 12.8 Å². The number of benzene rings is 2. The molecule has 0 aliphatic carbocycles. The molecule has 0 atom stereocenters. The van der Waals surface area contributed by atoms with E-state index in [0.29, 0.717) is 17.1 Å². The summed E-state index contributed by atoms with van der Waals surface area (Å²) < 4.78 is 0. The SMILES string of the molecule is O=C(Cc1csc(Cc2cccc(Cl)c2)n1)Nc1cnc2ccccc2c1. The minimum atomic E-state index is -0.105. The van der Waals surface area contributed by atoms with Gasteiger partial charge in [0, 0.05) is 22.2 Å². The lowest BCUT2D eigenvalue weighted by Gasteiger charge is -2.05. The summed E-state index contributed by atoms with van der Waals surface area (Å²) in [5, 5.41) is 7.50. The molecule has 27 heavy (non-hydrogen) atoms. The lowest BCUT2D eigenvalue weighted by molar-refractivity contribution is -0.115. The van der Waals surface area contributed by atoms with E-state index in [2.05, 4.69) is 15.3 Å². The lowest BCUT2D eigenvalue weighted by Crippen LogP contribution is -2.14. The molecule has 134 valence electrons. The Morgan fingerprint density at radius 2 is 2.00 bits per heavy atom. The number of amides is 1. The van der Waals surface area contributed by atoms with Crippen molar-refractivity contribution in [2.75, 3.05) is 5.32 Å². The van der Waals surface area contributed by atoms with Crippen LogP contribution in [0.15, 0.2) is 66.2 Å². The van der Waals surface area contributed by atoms with Gasteiger partial charge in [-0.3, -0.25) is 9.78 Å². The second-order valence-corrected chi connectivity index (χ2v) is 7.56. The lowest BCUT2D eigenvalue weighted by atomic mass is 10.2. The predicted octanol–water partition coefficient (Wildman–Crippen LogP) is 5.12. The molecule has 0 radical (unpaired) electrons. The summed E-state index contributed by atoms with van der Waals surface area (Å²) in [6, 6.07) is 17.5. The summed E-state index contributed by atoms with van der Waals surface area (Å²) in [7, 11) is 0. The first-order valence-corrected chi connectivity index (χ1v) is 9.74. The molecule has 6 heteroatoms. The molecule has 2 aromatic carbocycles. The van der Waals surface area contributed by atoms with Crippen molar-refractivity contribution in [1.82, 2.24) is 9.97 Å². The Labute approximate surface area is 165 Å². The monoisotopic (exact) mass is 393 g/mol. The smallest absolute Gasteiger partial charge is 0.230 e. The van der Waals surface area contributed by atoms with E-state index in [1.54, 1.807) is 17.5 Å². The van der Waals surface area contributed by atoms with Gasteiger partial charge in [0.1, 0.15) is 0 Å². The van der Waals surface area contributed by atoms with Gasteiger partial charge in [-0.15, -0.1) is 11.3 Å². The Bertz CT molecular complexity index is 1110. The van der Waals surface area contributed by atoms with Gasteiger partial charge in [0.15, 0.2) is 0 Å². The van der Waals surface area contributed by atoms with Gasteiger partial charge >= 0.3 is 0 Å². The molecule has 2 aromatic heterocycles. The maximum Gasteiger partial charge on any atom is 0.230 e. The van der Waals surface area contributed by atoms with Crippen molar-refractivity contribution < 1.29 is 4.79 Å². The van der Waals surface area contributed by atoms with Gasteiger partial charge in [0.2, 0.25) is 5.91 Å². The molecule has 1 N–H and O–H groups in total. The van der Waals surface area contributed by atoms with Crippen LogP contribution < -0.4 is 5.32 Å². The first-order valence-electron chi connectivity index (χ1n) is 8.48. The zero-order valence-electron chi connectivity index (χ0n) is 14.4. The average Bonchev–Trinajstić information content (AvgIpc) is 3.08. The van der Waals surface area contributed by atoms with E-state index in [9.17, 15) is 4.79 Å². The molecule has 0 saturated heterocycles. The van der Waals surface area contributed by atoms with Gasteiger partial charge in [-0.05, 0) is 29.8 Å². The summed E-state index contributed by atoms with van der Waals surface area (Å²) in [6.07, 6.45) is 2.62. The number of nitrogens with zero attached hydrogens (tertiary/aromatic N) is 2. The summed E-state index contributed by atoms with van der Waals surface area (Å²) >= 11 is 7.58. The first kappa shape index (κ1) is 17.6. The summed E-state index contributed by atoms with van der Waals surface area (Å²) in [5.74, 6) is -0.105. The van der Waals surface area contributed by atoms with E-state index in [1.807, 2.05) is 60.0 Å². The molecule has 4 nitrogen and oxygen atoms in total. The highest BCUT2D eigenvalue weighted by atomic mass is 35.5. The molecular formula is C21H16ClN3OS. The van der Waals surface area contributed by atoms with Crippen LogP contribution in [-0.2, 0) is 17.6 Å². The standard InChI is InChI=1S/C21H16ClN3OS/c22-16-6-3-4-14(8-16)9-21-25-18(13-27-21)11-20(26)24-17-10-15-5-1-2-7-19(15)23-12-17/h1-8,10,12-13H,9,11H2,(H,24,26). The van der Waals surface area contributed by atoms with E-state index in [0.717, 1.165) is 27.2 Å². The number of fused-ring (bicyclic) bond motifs is 1. The predicted molar refractivity (Wildman–Crippen MR) is 110 cm³/mol. The fourth-order valence-electron chi connectivity index (χ4n) is 2.84. The van der Waals surface area contributed by atoms with Gasteiger partial charge < -0.3 is 5.32 Å². The van der Waals surface area contributed by atoms with Crippen molar-refractivity contribution in [2.24, 2.45) is 0 Å². The van der Waals surface area contributed by atoms with Crippen LogP contribution in [0.4, 0.5) is 5.69 Å². The van der Waals surface area contributed by atoms with Crippen LogP contribution in [0.5, 0.6) is 0 Å². The number of pyridine rings is 1. The molecule has 2 heterocycles. The van der Waals surface area contributed by atoms with Crippen molar-refractivity contribution in [3.05, 3.63) is 87.5 Å². The zero-order valence-corrected chi connectivity index (χ0v) is 15.9. The molecule has 0 fully saturated rings. The second kappa shape index (κ2) is 7.86. The third-order valence-corrected chi connectivity index (χ3v) is 5.19. The molecule has 0 spiro atoms. The van der Waals surface area contributed by atoms with Crippen molar-refractivity contribution in [1.29, 1.82) is 0 Å². The topological polar surface area (TPSA) is 54.9 Å². The Morgan fingerprint density at radius 3 is 2.89 bits per heavy atom. The third kappa shape index (κ3) is 4.51. The molecule has 0 aliphatic heterocycles. The number of hydrogen-bond acceptors (Lipinski definition) is 4. The number of aromatic nitrogens is 2. The van der Waals surface area contributed by atoms with Crippen LogP contribution in [-0.4, -0.2) is 15.9 Å². The minimum Gasteiger partial charge on any atom is -0.324 e. The number of halogens is 1. The Balaban J connectivity index is 1.40. The Kier molecular flexibility index (Phi) is 5.14. The first-order chi connectivity index (χ1) is 13.2. The number of nitrogens with one attached hydrogen (secondary N) is 1. The molecule has 0 saturated carbocycles. The van der Waals surface area contributed by atoms with Crippen molar-refractivity contribution in [3.8, 4) is 0 Å². The summed E-state index contributed by atoms with van der Waals surface area (Å²) in [5.41, 5.74) is 3.46. The van der Waals surface area contributed by atoms with Crippen LogP contribution >= 0.6 is 22.9 Å². The van der Waals surface area contributed by atoms with E-state index in [-0.39, 0.29) is 12.3 Å². The van der Waals surface area contributed by atoms with Crippen molar-refractivity contribution >= 4 is 45.4 Å². The van der Waals surface area contributed by atoms with Crippen LogP contribution in [0.3, 0.4) is 0 Å². The number of thiazole rings is 1. The molecule has 1 amide bonds. The van der Waals surface area contributed by atoms with E-state index in [4.69, 9.17) is 11.6 Å². The largest absolute Gasteiger partial charge is 0.324 e. The highest BCUT2D eigenvalue weighted by Crippen LogP contribution is 2.19. The molecule has 0 bridgehead atoms. The zero-order chi connectivity index (χ0) is 18.6. The molecular weight excluding hydrogens is 378 g/mol. The van der Waals surface area contributed by atoms with Crippen molar-refractivity contribution in [3.63, 3.8) is 0 Å². The van der Waals surface area contributed by atoms with Gasteiger partial charge in [0.05, 0.1) is 34.5 Å². The molecule has 0 aliphatic rings. The number of anilines is 1. The van der Waals surface area contributed by atoms with E-state index < -0.39 is 0 Å². The fraction of sp³-hybridized carbons (Fsp3) is 0.0952. The molecule has 4 rings (SSSR count). The Hall–Kier alpha value is -2.76. The van der Waals surface area contributed by atoms with Gasteiger partial charge in [0.25, 0.3) is 0 Å². The van der Waals surface area contributed by atoms with Crippen LogP contribution in [0.25, 0.3) is 10.9 Å². The highest BCUT2D eigenvalue weighted by molar-refractivity contribution is 7.09. The number of hydrogen-bond donors (Lipinski definition) is 1. The average molecular weight is 394 g/mol. The highest BCUT2D eigenvalue weighted by Gasteiger charge is 2.09. The summed E-state index contributed by atoms with van der Waals surface area (Å²) in [4.78, 5) is 21.3. The Morgan fingerprint density at radius 1 is 1.11 bits per heavy atom. The fourth-order valence-corrected chi connectivity index (χ4v) is 3.88. The maximum atomic E-state index is 12.3.